The van der Waals surface area contributed by atoms with E-state index in [1.165, 1.54) is 51.4 Å². The molecule has 0 aliphatic heterocycles. The average molecular weight is 325 g/mol. The molecule has 0 aliphatic rings. The molecule has 0 unspecified atom stereocenters. The number of carboxylic acids is 1. The van der Waals surface area contributed by atoms with E-state index in [1.807, 2.05) is 0 Å². The molecule has 0 rings (SSSR count). The van der Waals surface area contributed by atoms with Crippen LogP contribution in [0.2, 0.25) is 0 Å². The molecule has 0 radical (unpaired) electrons. The third-order valence-corrected chi connectivity index (χ3v) is 3.29. The van der Waals surface area contributed by atoms with Gasteiger partial charge < -0.3 is 14.6 Å². The largest absolute Gasteiger partial charge is 1.00 e. The number of hydrogen-bond acceptors (Lipinski definition) is 4. The van der Waals surface area contributed by atoms with Gasteiger partial charge >= 0.3 is 57.4 Å². The molecule has 21 heavy (non-hydrogen) atoms. The SMILES string of the molecule is CCCCCCCCCCCCOC(=O)CCC(=O)[O-].[K+]. The standard InChI is InChI=1S/C16H30O4.K/c1-2-3-4-5-6-7-8-9-10-11-14-20-16(19)13-12-15(17)18;/h2-14H2,1H3,(H,17,18);/q;+1/p-1. The van der Waals surface area contributed by atoms with Crippen molar-refractivity contribution in [1.29, 1.82) is 0 Å². The van der Waals surface area contributed by atoms with Gasteiger partial charge in [0.1, 0.15) is 0 Å². The molecule has 0 amide bonds. The first-order chi connectivity index (χ1) is 9.66. The van der Waals surface area contributed by atoms with Crippen molar-refractivity contribution in [3.05, 3.63) is 0 Å². The van der Waals surface area contributed by atoms with Crippen LogP contribution in [-0.2, 0) is 14.3 Å². The maximum absolute atomic E-state index is 11.1. The molecule has 0 atom stereocenters. The van der Waals surface area contributed by atoms with Crippen LogP contribution in [0.5, 0.6) is 0 Å². The van der Waals surface area contributed by atoms with E-state index in [4.69, 9.17) is 4.74 Å². The summed E-state index contributed by atoms with van der Waals surface area (Å²) in [4.78, 5) is 21.2. The van der Waals surface area contributed by atoms with E-state index < -0.39 is 11.9 Å². The molecule has 0 spiro atoms. The summed E-state index contributed by atoms with van der Waals surface area (Å²) < 4.78 is 4.93. The fourth-order valence-corrected chi connectivity index (χ4v) is 2.05. The number of rotatable bonds is 14. The fraction of sp³-hybridized carbons (Fsp3) is 0.875. The van der Waals surface area contributed by atoms with Crippen molar-refractivity contribution in [2.75, 3.05) is 6.61 Å². The van der Waals surface area contributed by atoms with E-state index in [-0.39, 0.29) is 64.2 Å². The molecule has 5 heteroatoms. The van der Waals surface area contributed by atoms with Gasteiger partial charge in [0.05, 0.1) is 13.0 Å². The minimum atomic E-state index is -1.21. The van der Waals surface area contributed by atoms with Gasteiger partial charge in [-0.1, -0.05) is 64.7 Å². The first kappa shape index (κ1) is 23.8. The minimum absolute atomic E-state index is 0. The molecule has 0 saturated heterocycles. The Hall–Kier alpha value is 0.576. The first-order valence-corrected chi connectivity index (χ1v) is 8.02. The normalized spacial score (nSPS) is 9.95. The van der Waals surface area contributed by atoms with Crippen LogP contribution < -0.4 is 56.5 Å². The van der Waals surface area contributed by atoms with Crippen LogP contribution in [0.25, 0.3) is 0 Å². The number of carboxylic acid groups (broad SMARTS) is 1. The predicted molar refractivity (Wildman–Crippen MR) is 77.0 cm³/mol. The predicted octanol–water partition coefficient (Wildman–Crippen LogP) is -0.0154. The molecule has 0 aromatic rings. The number of esters is 1. The number of unbranched alkanes of at least 4 members (excludes halogenated alkanes) is 9. The van der Waals surface area contributed by atoms with Crippen LogP contribution >= 0.6 is 0 Å². The van der Waals surface area contributed by atoms with Crippen molar-refractivity contribution >= 4 is 11.9 Å². The summed E-state index contributed by atoms with van der Waals surface area (Å²) in [7, 11) is 0. The second-order valence-electron chi connectivity index (χ2n) is 5.27. The summed E-state index contributed by atoms with van der Waals surface area (Å²) in [5.74, 6) is -1.65. The van der Waals surface area contributed by atoms with E-state index in [2.05, 4.69) is 6.92 Å². The van der Waals surface area contributed by atoms with Crippen LogP contribution in [0, 0.1) is 0 Å². The molecule has 118 valence electrons. The molecular formula is C16H29KO4. The second kappa shape index (κ2) is 18.6. The second-order valence-corrected chi connectivity index (χ2v) is 5.27. The van der Waals surface area contributed by atoms with Gasteiger partial charge in [-0.2, -0.15) is 0 Å². The Labute approximate surface area is 171 Å². The topological polar surface area (TPSA) is 66.4 Å². The Morgan fingerprint density at radius 1 is 0.810 bits per heavy atom. The summed E-state index contributed by atoms with van der Waals surface area (Å²) in [6.07, 6.45) is 12.0. The third kappa shape index (κ3) is 20.6. The Kier molecular flexibility index (Phi) is 21.1. The molecule has 0 aromatic carbocycles. The monoisotopic (exact) mass is 324 g/mol. The molecule has 0 fully saturated rings. The van der Waals surface area contributed by atoms with E-state index in [0.29, 0.717) is 6.61 Å². The average Bonchev–Trinajstić information content (AvgIpc) is 2.42. The zero-order valence-electron chi connectivity index (χ0n) is 13.8. The fourth-order valence-electron chi connectivity index (χ4n) is 2.05. The summed E-state index contributed by atoms with van der Waals surface area (Å²) in [5, 5.41) is 10.1. The Morgan fingerprint density at radius 3 is 1.76 bits per heavy atom. The summed E-state index contributed by atoms with van der Waals surface area (Å²) in [6, 6.07) is 0. The van der Waals surface area contributed by atoms with Gasteiger partial charge in [0.2, 0.25) is 0 Å². The maximum Gasteiger partial charge on any atom is 1.00 e. The van der Waals surface area contributed by atoms with E-state index >= 15 is 0 Å². The quantitative estimate of drug-likeness (QED) is 0.256. The van der Waals surface area contributed by atoms with Crippen molar-refractivity contribution in [3.8, 4) is 0 Å². The summed E-state index contributed by atoms with van der Waals surface area (Å²) in [5.41, 5.74) is 0. The minimum Gasteiger partial charge on any atom is -0.550 e. The van der Waals surface area contributed by atoms with Gasteiger partial charge in [-0.05, 0) is 12.8 Å². The Morgan fingerprint density at radius 2 is 1.29 bits per heavy atom. The Bertz CT molecular complexity index is 257. The number of aliphatic carboxylic acids is 1. The molecule has 0 heterocycles. The van der Waals surface area contributed by atoms with E-state index in [9.17, 15) is 14.7 Å². The van der Waals surface area contributed by atoms with E-state index in [1.54, 1.807) is 0 Å². The van der Waals surface area contributed by atoms with Crippen LogP contribution in [0.4, 0.5) is 0 Å². The van der Waals surface area contributed by atoms with Gasteiger partial charge in [0.25, 0.3) is 0 Å². The summed E-state index contributed by atoms with van der Waals surface area (Å²) in [6.45, 7) is 2.63. The van der Waals surface area contributed by atoms with Crippen molar-refractivity contribution in [3.63, 3.8) is 0 Å². The molecule has 4 nitrogen and oxygen atoms in total. The van der Waals surface area contributed by atoms with Gasteiger partial charge in [0, 0.05) is 5.97 Å². The van der Waals surface area contributed by atoms with Crippen LogP contribution in [0.15, 0.2) is 0 Å². The van der Waals surface area contributed by atoms with Crippen LogP contribution in [-0.4, -0.2) is 18.5 Å². The molecular weight excluding hydrogens is 295 g/mol. The van der Waals surface area contributed by atoms with Gasteiger partial charge in [-0.3, -0.25) is 4.79 Å². The molecule has 0 N–H and O–H groups in total. The zero-order valence-corrected chi connectivity index (χ0v) is 16.9. The Balaban J connectivity index is 0. The van der Waals surface area contributed by atoms with Crippen LogP contribution in [0.1, 0.15) is 84.0 Å². The first-order valence-electron chi connectivity index (χ1n) is 8.02. The van der Waals surface area contributed by atoms with Gasteiger partial charge in [0.15, 0.2) is 0 Å². The van der Waals surface area contributed by atoms with Crippen molar-refractivity contribution in [2.24, 2.45) is 0 Å². The van der Waals surface area contributed by atoms with Crippen LogP contribution in [0.3, 0.4) is 0 Å². The van der Waals surface area contributed by atoms with E-state index in [0.717, 1.165) is 12.8 Å². The van der Waals surface area contributed by atoms with Gasteiger partial charge in [-0.15, -0.1) is 0 Å². The molecule has 0 saturated carbocycles. The van der Waals surface area contributed by atoms with Crippen molar-refractivity contribution in [2.45, 2.75) is 84.0 Å². The third-order valence-electron chi connectivity index (χ3n) is 3.29. The van der Waals surface area contributed by atoms with Crippen molar-refractivity contribution < 1.29 is 70.8 Å². The number of carbonyl (C=O) groups excluding carboxylic acids is 2. The zero-order chi connectivity index (χ0) is 15.1. The molecule has 0 bridgehead atoms. The summed E-state index contributed by atoms with van der Waals surface area (Å²) >= 11 is 0. The maximum atomic E-state index is 11.1. The smallest absolute Gasteiger partial charge is 0.550 e. The number of hydrogen-bond donors (Lipinski definition) is 0. The van der Waals surface area contributed by atoms with Gasteiger partial charge in [-0.25, -0.2) is 0 Å². The number of carbonyl (C=O) groups is 2. The van der Waals surface area contributed by atoms with Crippen molar-refractivity contribution in [1.82, 2.24) is 0 Å². The molecule has 0 aliphatic carbocycles. The number of ether oxygens (including phenoxy) is 1. The molecule has 0 aromatic heterocycles.